The van der Waals surface area contributed by atoms with Crippen molar-refractivity contribution in [2.75, 3.05) is 6.61 Å². The molecule has 3 aromatic heterocycles. The van der Waals surface area contributed by atoms with Gasteiger partial charge in [0.15, 0.2) is 5.06 Å². The van der Waals surface area contributed by atoms with Crippen LogP contribution in [0.15, 0.2) is 78.7 Å². The molecule has 166 valence electrons. The average molecular weight is 457 g/mol. The van der Waals surface area contributed by atoms with E-state index in [2.05, 4.69) is 27.8 Å². The molecule has 0 aliphatic rings. The van der Waals surface area contributed by atoms with Gasteiger partial charge in [0.1, 0.15) is 5.82 Å². The minimum absolute atomic E-state index is 0.440. The van der Waals surface area contributed by atoms with E-state index >= 15 is 0 Å². The van der Waals surface area contributed by atoms with Gasteiger partial charge >= 0.3 is 0 Å². The molecule has 0 fully saturated rings. The molecule has 3 heterocycles. The summed E-state index contributed by atoms with van der Waals surface area (Å²) in [6.07, 6.45) is 6.44. The summed E-state index contributed by atoms with van der Waals surface area (Å²) in [5.74, 6) is 0.446. The maximum atomic E-state index is 12.5. The first-order chi connectivity index (χ1) is 16.1. The minimum Gasteiger partial charge on any atom is -0.484 e. The Morgan fingerprint density at radius 1 is 1.09 bits per heavy atom. The van der Waals surface area contributed by atoms with Crippen LogP contribution in [0.25, 0.3) is 27.7 Å². The normalized spacial score (nSPS) is 11.2. The Morgan fingerprint density at radius 3 is 2.76 bits per heavy atom. The predicted octanol–water partition coefficient (Wildman–Crippen LogP) is 5.43. The van der Waals surface area contributed by atoms with Crippen molar-refractivity contribution in [2.24, 2.45) is 5.73 Å². The molecule has 0 saturated carbocycles. The van der Waals surface area contributed by atoms with Crippen LogP contribution in [0, 0.1) is 6.92 Å². The van der Waals surface area contributed by atoms with E-state index in [0.29, 0.717) is 12.2 Å². The van der Waals surface area contributed by atoms with Gasteiger partial charge in [-0.1, -0.05) is 42.5 Å². The van der Waals surface area contributed by atoms with Crippen LogP contribution in [0.3, 0.4) is 0 Å². The van der Waals surface area contributed by atoms with Gasteiger partial charge in [-0.05, 0) is 47.2 Å². The van der Waals surface area contributed by atoms with Crippen molar-refractivity contribution < 1.29 is 9.53 Å². The first-order valence-corrected chi connectivity index (χ1v) is 11.7. The topological polar surface area (TPSA) is 75.1 Å². The molecule has 2 N–H and O–H groups in total. The number of carbonyl (C=O) groups excluding carboxylic acids is 1. The van der Waals surface area contributed by atoms with Gasteiger partial charge in [0.2, 0.25) is 0 Å². The number of hydrogen-bond donors (Lipinski definition) is 1. The summed E-state index contributed by atoms with van der Waals surface area (Å²) in [5, 5.41) is 5.13. The third-order valence-electron chi connectivity index (χ3n) is 5.80. The van der Waals surface area contributed by atoms with Crippen molar-refractivity contribution in [2.45, 2.75) is 19.9 Å². The summed E-state index contributed by atoms with van der Waals surface area (Å²) < 4.78 is 9.86. The summed E-state index contributed by atoms with van der Waals surface area (Å²) in [6, 6.07) is 18.2. The molecule has 0 atom stereocenters. The van der Waals surface area contributed by atoms with Gasteiger partial charge < -0.3 is 19.6 Å². The SMILES string of the molecule is Cc1c(C(N)=O)c(-c2cccc3ccccc23)cn1-c1cncn1CCCOc1cccs1. The van der Waals surface area contributed by atoms with Crippen molar-refractivity contribution >= 4 is 28.0 Å². The maximum Gasteiger partial charge on any atom is 0.251 e. The highest BCUT2D eigenvalue weighted by atomic mass is 32.1. The van der Waals surface area contributed by atoms with Crippen LogP contribution in [0.2, 0.25) is 0 Å². The number of carbonyl (C=O) groups is 1. The molecule has 7 heteroatoms. The Kier molecular flexibility index (Phi) is 5.71. The molecule has 33 heavy (non-hydrogen) atoms. The lowest BCUT2D eigenvalue weighted by Crippen LogP contribution is -2.14. The summed E-state index contributed by atoms with van der Waals surface area (Å²) in [5.41, 5.74) is 8.99. The Balaban J connectivity index is 1.49. The number of nitrogens with two attached hydrogens (primary N) is 1. The highest BCUT2D eigenvalue weighted by Crippen LogP contribution is 2.34. The molecule has 0 aliphatic carbocycles. The standard InChI is InChI=1S/C26H24N4O2S/c1-18-25(26(27)31)22(21-10-4-8-19-7-2-3-9-20(19)21)16-30(18)23-15-28-17-29(23)12-6-13-32-24-11-5-14-33-24/h2-5,7-11,14-17H,6,12-13H2,1H3,(H2,27,31). The van der Waals surface area contributed by atoms with E-state index in [1.165, 1.54) is 0 Å². The lowest BCUT2D eigenvalue weighted by molar-refractivity contribution is 0.100. The summed E-state index contributed by atoms with van der Waals surface area (Å²) >= 11 is 1.59. The van der Waals surface area contributed by atoms with Crippen LogP contribution in [-0.2, 0) is 6.54 Å². The van der Waals surface area contributed by atoms with Gasteiger partial charge in [0, 0.05) is 24.0 Å². The Bertz CT molecular complexity index is 1410. The molecule has 0 radical (unpaired) electrons. The second-order valence-electron chi connectivity index (χ2n) is 7.84. The molecule has 0 bridgehead atoms. The van der Waals surface area contributed by atoms with E-state index in [9.17, 15) is 4.79 Å². The van der Waals surface area contributed by atoms with Gasteiger partial charge in [-0.15, -0.1) is 11.3 Å². The fourth-order valence-corrected chi connectivity index (χ4v) is 4.86. The molecular formula is C26H24N4O2S. The van der Waals surface area contributed by atoms with Crippen LogP contribution in [0.4, 0.5) is 0 Å². The fourth-order valence-electron chi connectivity index (χ4n) is 4.26. The third kappa shape index (κ3) is 4.03. The molecule has 5 aromatic rings. The first-order valence-electron chi connectivity index (χ1n) is 10.8. The Labute approximate surface area is 195 Å². The zero-order chi connectivity index (χ0) is 22.8. The second kappa shape index (κ2) is 8.96. The quantitative estimate of drug-likeness (QED) is 0.316. The van der Waals surface area contributed by atoms with Gasteiger partial charge in [-0.25, -0.2) is 4.98 Å². The van der Waals surface area contributed by atoms with E-state index in [-0.39, 0.29) is 0 Å². The van der Waals surface area contributed by atoms with Gasteiger partial charge in [0.05, 0.1) is 24.7 Å². The summed E-state index contributed by atoms with van der Waals surface area (Å²) in [7, 11) is 0. The molecule has 0 saturated heterocycles. The predicted molar refractivity (Wildman–Crippen MR) is 132 cm³/mol. The zero-order valence-corrected chi connectivity index (χ0v) is 19.1. The molecule has 0 aliphatic heterocycles. The number of aryl methyl sites for hydroxylation is 1. The lowest BCUT2D eigenvalue weighted by atomic mass is 9.96. The van der Waals surface area contributed by atoms with Crippen molar-refractivity contribution in [3.8, 4) is 22.0 Å². The molecule has 0 unspecified atom stereocenters. The van der Waals surface area contributed by atoms with E-state index in [1.54, 1.807) is 17.7 Å². The number of imidazole rings is 1. The van der Waals surface area contributed by atoms with Crippen LogP contribution in [0.1, 0.15) is 22.5 Å². The van der Waals surface area contributed by atoms with E-state index in [4.69, 9.17) is 10.5 Å². The Morgan fingerprint density at radius 2 is 1.94 bits per heavy atom. The highest BCUT2D eigenvalue weighted by molar-refractivity contribution is 7.11. The molecule has 1 amide bonds. The van der Waals surface area contributed by atoms with Crippen LogP contribution in [-0.4, -0.2) is 26.6 Å². The lowest BCUT2D eigenvalue weighted by Gasteiger charge is -2.11. The van der Waals surface area contributed by atoms with Crippen LogP contribution >= 0.6 is 11.3 Å². The smallest absolute Gasteiger partial charge is 0.251 e. The van der Waals surface area contributed by atoms with Gasteiger partial charge in [-0.2, -0.15) is 0 Å². The van der Waals surface area contributed by atoms with E-state index < -0.39 is 5.91 Å². The van der Waals surface area contributed by atoms with Crippen LogP contribution < -0.4 is 10.5 Å². The largest absolute Gasteiger partial charge is 0.484 e. The van der Waals surface area contributed by atoms with E-state index in [1.807, 2.05) is 65.7 Å². The fraction of sp³-hybridized carbons (Fsp3) is 0.154. The van der Waals surface area contributed by atoms with Crippen molar-refractivity contribution in [1.82, 2.24) is 14.1 Å². The molecular weight excluding hydrogens is 432 g/mol. The van der Waals surface area contributed by atoms with Gasteiger partial charge in [-0.3, -0.25) is 4.79 Å². The van der Waals surface area contributed by atoms with E-state index in [0.717, 1.165) is 51.4 Å². The Hall–Kier alpha value is -3.84. The number of amides is 1. The second-order valence-corrected chi connectivity index (χ2v) is 8.75. The van der Waals surface area contributed by atoms with Crippen molar-refractivity contribution in [3.63, 3.8) is 0 Å². The number of fused-ring (bicyclic) bond motifs is 1. The summed E-state index contributed by atoms with van der Waals surface area (Å²) in [6.45, 7) is 3.29. The maximum absolute atomic E-state index is 12.5. The monoisotopic (exact) mass is 456 g/mol. The number of aromatic nitrogens is 3. The average Bonchev–Trinajstić information content (AvgIpc) is 3.56. The number of thiophene rings is 1. The first kappa shape index (κ1) is 21.0. The highest BCUT2D eigenvalue weighted by Gasteiger charge is 2.21. The molecule has 5 rings (SSSR count). The zero-order valence-electron chi connectivity index (χ0n) is 18.3. The number of hydrogen-bond acceptors (Lipinski definition) is 4. The molecule has 0 spiro atoms. The minimum atomic E-state index is -0.440. The number of benzene rings is 2. The van der Waals surface area contributed by atoms with Crippen LogP contribution in [0.5, 0.6) is 5.06 Å². The number of nitrogens with zero attached hydrogens (tertiary/aromatic N) is 3. The van der Waals surface area contributed by atoms with Crippen molar-refractivity contribution in [3.05, 3.63) is 90.0 Å². The number of primary amides is 1. The summed E-state index contributed by atoms with van der Waals surface area (Å²) in [4.78, 5) is 16.9. The van der Waals surface area contributed by atoms with Crippen molar-refractivity contribution in [1.29, 1.82) is 0 Å². The van der Waals surface area contributed by atoms with Gasteiger partial charge in [0.25, 0.3) is 5.91 Å². The number of ether oxygens (including phenoxy) is 1. The molecule has 2 aromatic carbocycles. The third-order valence-corrected chi connectivity index (χ3v) is 6.58. The number of rotatable bonds is 8. The molecule has 6 nitrogen and oxygen atoms in total.